The lowest BCUT2D eigenvalue weighted by atomic mass is 9.98. The average Bonchev–Trinajstić information content (AvgIpc) is 3.19. The van der Waals surface area contributed by atoms with Crippen LogP contribution in [0.5, 0.6) is 5.75 Å². The van der Waals surface area contributed by atoms with Gasteiger partial charge >= 0.3 is 0 Å². The van der Waals surface area contributed by atoms with E-state index in [0.29, 0.717) is 11.4 Å². The fourth-order valence-electron chi connectivity index (χ4n) is 4.03. The van der Waals surface area contributed by atoms with Gasteiger partial charge in [0, 0.05) is 0 Å². The SMILES string of the molecule is COc1ccccc1NC(=O)CNC(=O)[C@@H]1O[C@@H]2OC(C)(C)O[C@@H]2[C@H]2OC(C)(C)O[C@H]21. The van der Waals surface area contributed by atoms with Crippen LogP contribution in [0.3, 0.4) is 0 Å². The number of methoxy groups -OCH3 is 1. The van der Waals surface area contributed by atoms with Gasteiger partial charge in [-0.25, -0.2) is 0 Å². The van der Waals surface area contributed by atoms with Crippen LogP contribution in [0.2, 0.25) is 0 Å². The molecule has 2 amide bonds. The maximum Gasteiger partial charge on any atom is 0.252 e. The molecule has 3 aliphatic heterocycles. The third-order valence-corrected chi connectivity index (χ3v) is 5.22. The Kier molecular flexibility index (Phi) is 5.69. The summed E-state index contributed by atoms with van der Waals surface area (Å²) >= 11 is 0. The molecule has 1 aromatic carbocycles. The Morgan fingerprint density at radius 3 is 2.35 bits per heavy atom. The van der Waals surface area contributed by atoms with Crippen molar-refractivity contribution in [2.75, 3.05) is 19.0 Å². The zero-order chi connectivity index (χ0) is 22.4. The molecule has 170 valence electrons. The first-order chi connectivity index (χ1) is 14.6. The van der Waals surface area contributed by atoms with E-state index in [1.165, 1.54) is 7.11 Å². The van der Waals surface area contributed by atoms with E-state index in [2.05, 4.69) is 10.6 Å². The third-order valence-electron chi connectivity index (χ3n) is 5.22. The Labute approximate surface area is 180 Å². The van der Waals surface area contributed by atoms with Gasteiger partial charge in [0.15, 0.2) is 24.0 Å². The summed E-state index contributed by atoms with van der Waals surface area (Å²) in [5.74, 6) is -2.18. The van der Waals surface area contributed by atoms with Gasteiger partial charge in [-0.2, -0.15) is 0 Å². The lowest BCUT2D eigenvalue weighted by Gasteiger charge is -2.36. The highest BCUT2D eigenvalue weighted by atomic mass is 16.9. The second kappa shape index (κ2) is 8.03. The van der Waals surface area contributed by atoms with Crippen molar-refractivity contribution in [3.8, 4) is 5.75 Å². The van der Waals surface area contributed by atoms with Gasteiger partial charge in [0.2, 0.25) is 5.91 Å². The number of carbonyl (C=O) groups excluding carboxylic acids is 2. The lowest BCUT2D eigenvalue weighted by Crippen LogP contribution is -2.59. The van der Waals surface area contributed by atoms with Crippen LogP contribution in [0.25, 0.3) is 0 Å². The van der Waals surface area contributed by atoms with Gasteiger partial charge in [-0.15, -0.1) is 0 Å². The molecule has 3 saturated heterocycles. The van der Waals surface area contributed by atoms with Crippen LogP contribution in [0, 0.1) is 0 Å². The first kappa shape index (κ1) is 22.0. The number of fused-ring (bicyclic) bond motifs is 3. The van der Waals surface area contributed by atoms with Gasteiger partial charge in [0.05, 0.1) is 19.3 Å². The number of anilines is 1. The van der Waals surface area contributed by atoms with Crippen LogP contribution >= 0.6 is 0 Å². The highest BCUT2D eigenvalue weighted by Gasteiger charge is 2.62. The lowest BCUT2D eigenvalue weighted by molar-refractivity contribution is -0.231. The normalized spacial score (nSPS) is 32.6. The molecule has 0 unspecified atom stereocenters. The molecule has 0 aliphatic carbocycles. The van der Waals surface area contributed by atoms with Crippen molar-refractivity contribution in [3.05, 3.63) is 24.3 Å². The first-order valence-corrected chi connectivity index (χ1v) is 10.2. The van der Waals surface area contributed by atoms with Crippen molar-refractivity contribution in [2.24, 2.45) is 0 Å². The second-order valence-electron chi connectivity index (χ2n) is 8.56. The number of hydrogen-bond acceptors (Lipinski definition) is 8. The smallest absolute Gasteiger partial charge is 0.252 e. The Balaban J connectivity index is 1.41. The molecule has 31 heavy (non-hydrogen) atoms. The molecule has 10 nitrogen and oxygen atoms in total. The fraction of sp³-hybridized carbons (Fsp3) is 0.619. The number of rotatable bonds is 5. The van der Waals surface area contributed by atoms with Crippen molar-refractivity contribution in [3.63, 3.8) is 0 Å². The summed E-state index contributed by atoms with van der Waals surface area (Å²) < 4.78 is 34.7. The molecule has 3 heterocycles. The minimum atomic E-state index is -1.02. The van der Waals surface area contributed by atoms with E-state index in [4.69, 9.17) is 28.4 Å². The Morgan fingerprint density at radius 2 is 1.61 bits per heavy atom. The molecule has 10 heteroatoms. The predicted molar refractivity (Wildman–Crippen MR) is 107 cm³/mol. The number of hydrogen-bond donors (Lipinski definition) is 2. The molecule has 0 spiro atoms. The van der Waals surface area contributed by atoms with Crippen molar-refractivity contribution in [1.82, 2.24) is 5.32 Å². The summed E-state index contributed by atoms with van der Waals surface area (Å²) in [6.07, 6.45) is -3.59. The fourth-order valence-corrected chi connectivity index (χ4v) is 4.03. The largest absolute Gasteiger partial charge is 0.495 e. The van der Waals surface area contributed by atoms with E-state index in [1.54, 1.807) is 52.0 Å². The third kappa shape index (κ3) is 4.53. The van der Waals surface area contributed by atoms with Crippen LogP contribution in [0.4, 0.5) is 5.69 Å². The van der Waals surface area contributed by atoms with Gasteiger partial charge in [-0.05, 0) is 39.8 Å². The van der Waals surface area contributed by atoms with Crippen LogP contribution in [0.1, 0.15) is 27.7 Å². The average molecular weight is 436 g/mol. The van der Waals surface area contributed by atoms with E-state index in [9.17, 15) is 9.59 Å². The molecule has 4 rings (SSSR count). The number of nitrogens with one attached hydrogen (secondary N) is 2. The van der Waals surface area contributed by atoms with E-state index in [-0.39, 0.29) is 6.54 Å². The summed E-state index contributed by atoms with van der Waals surface area (Å²) in [5.41, 5.74) is 0.508. The summed E-state index contributed by atoms with van der Waals surface area (Å²) in [4.78, 5) is 25.3. The van der Waals surface area contributed by atoms with Crippen molar-refractivity contribution in [2.45, 2.75) is 70.0 Å². The predicted octanol–water partition coefficient (Wildman–Crippen LogP) is 1.15. The van der Waals surface area contributed by atoms with Gasteiger partial charge in [-0.1, -0.05) is 12.1 Å². The number of benzene rings is 1. The van der Waals surface area contributed by atoms with E-state index in [1.807, 2.05) is 0 Å². The topological polar surface area (TPSA) is 114 Å². The van der Waals surface area contributed by atoms with E-state index in [0.717, 1.165) is 0 Å². The van der Waals surface area contributed by atoms with Crippen molar-refractivity contribution < 1.29 is 38.0 Å². The summed E-state index contributed by atoms with van der Waals surface area (Å²) in [6, 6.07) is 7.00. The molecule has 0 aromatic heterocycles. The molecule has 5 atom stereocenters. The monoisotopic (exact) mass is 436 g/mol. The van der Waals surface area contributed by atoms with E-state index < -0.39 is 54.1 Å². The van der Waals surface area contributed by atoms with Crippen molar-refractivity contribution in [1.29, 1.82) is 0 Å². The Morgan fingerprint density at radius 1 is 0.968 bits per heavy atom. The highest BCUT2D eigenvalue weighted by molar-refractivity contribution is 5.96. The molecule has 3 aliphatic rings. The second-order valence-corrected chi connectivity index (χ2v) is 8.56. The summed E-state index contributed by atoms with van der Waals surface area (Å²) in [6.45, 7) is 6.80. The van der Waals surface area contributed by atoms with Gasteiger partial charge < -0.3 is 39.1 Å². The Hall–Kier alpha value is -2.24. The van der Waals surface area contributed by atoms with E-state index >= 15 is 0 Å². The highest BCUT2D eigenvalue weighted by Crippen LogP contribution is 2.44. The van der Waals surface area contributed by atoms with Gasteiger partial charge in [0.1, 0.15) is 24.1 Å². The van der Waals surface area contributed by atoms with Crippen LogP contribution in [0.15, 0.2) is 24.3 Å². The molecule has 2 N–H and O–H groups in total. The van der Waals surface area contributed by atoms with Crippen LogP contribution in [-0.2, 0) is 33.3 Å². The van der Waals surface area contributed by atoms with Gasteiger partial charge in [-0.3, -0.25) is 9.59 Å². The standard InChI is InChI=1S/C21H28N2O8/c1-20(2)28-14-15(29-20)17-19(31-21(3,4)30-17)27-16(14)18(25)22-10-13(24)23-11-8-6-7-9-12(11)26-5/h6-9,14-17,19H,10H2,1-5H3,(H,22,25)(H,23,24)/t14-,15+,16-,17-,19-/m1/s1. The maximum absolute atomic E-state index is 12.9. The number of amides is 2. The number of para-hydroxylation sites is 2. The van der Waals surface area contributed by atoms with Crippen LogP contribution < -0.4 is 15.4 Å². The zero-order valence-electron chi connectivity index (χ0n) is 18.2. The molecular formula is C21H28N2O8. The molecule has 3 fully saturated rings. The number of ether oxygens (including phenoxy) is 6. The summed E-state index contributed by atoms with van der Waals surface area (Å²) in [7, 11) is 1.51. The molecular weight excluding hydrogens is 408 g/mol. The summed E-state index contributed by atoms with van der Waals surface area (Å²) in [5, 5.41) is 5.31. The molecule has 1 aromatic rings. The molecule has 0 radical (unpaired) electrons. The minimum Gasteiger partial charge on any atom is -0.495 e. The number of carbonyl (C=O) groups is 2. The van der Waals surface area contributed by atoms with Gasteiger partial charge in [0.25, 0.3) is 5.91 Å². The molecule has 0 bridgehead atoms. The Bertz CT molecular complexity index is 858. The first-order valence-electron chi connectivity index (χ1n) is 10.2. The van der Waals surface area contributed by atoms with Crippen LogP contribution in [-0.4, -0.2) is 67.7 Å². The van der Waals surface area contributed by atoms with Crippen molar-refractivity contribution >= 4 is 17.5 Å². The molecule has 0 saturated carbocycles. The zero-order valence-corrected chi connectivity index (χ0v) is 18.2. The minimum absolute atomic E-state index is 0.255. The quantitative estimate of drug-likeness (QED) is 0.707. The maximum atomic E-state index is 12.9.